The van der Waals surface area contributed by atoms with Gasteiger partial charge in [0.2, 0.25) is 0 Å². The van der Waals surface area contributed by atoms with E-state index < -0.39 is 0 Å². The molecule has 0 saturated heterocycles. The monoisotopic (exact) mass is 448 g/mol. The van der Waals surface area contributed by atoms with Crippen LogP contribution in [0.25, 0.3) is 0 Å². The number of carbonyl (C=O) groups is 1. The number of nitrogens with one attached hydrogen (secondary N) is 2. The van der Waals surface area contributed by atoms with Crippen molar-refractivity contribution >= 4 is 41.3 Å². The maximum Gasteiger partial charge on any atom is 0.255 e. The second-order valence-electron chi connectivity index (χ2n) is 6.75. The van der Waals surface area contributed by atoms with Gasteiger partial charge in [0, 0.05) is 21.7 Å². The average Bonchev–Trinajstić information content (AvgIpc) is 3.48. The van der Waals surface area contributed by atoms with Gasteiger partial charge < -0.3 is 10.1 Å². The van der Waals surface area contributed by atoms with Crippen LogP contribution in [-0.4, -0.2) is 20.7 Å². The van der Waals surface area contributed by atoms with E-state index in [0.717, 1.165) is 24.2 Å². The number of nitrogens with zero attached hydrogens (tertiary/aromatic N) is 2. The third-order valence-corrected chi connectivity index (χ3v) is 5.50. The standard InChI is InChI=1S/C20H18Cl2N4O2S/c21-13-6-5-12(16(22)9-13)11-28-17-4-2-1-3-15(17)19(27)23-10-18-24-25-20(29)26(18)14-7-8-14/h1-6,9,14H,7-8,10-11H2,(H,23,27)(H,25,29). The highest BCUT2D eigenvalue weighted by molar-refractivity contribution is 7.71. The van der Waals surface area contributed by atoms with Crippen LogP contribution >= 0.6 is 35.4 Å². The van der Waals surface area contributed by atoms with E-state index in [1.807, 2.05) is 10.6 Å². The van der Waals surface area contributed by atoms with Gasteiger partial charge in [0.25, 0.3) is 5.91 Å². The maximum absolute atomic E-state index is 12.8. The van der Waals surface area contributed by atoms with E-state index in [9.17, 15) is 4.79 Å². The molecule has 6 nitrogen and oxygen atoms in total. The number of aromatic nitrogens is 3. The van der Waals surface area contributed by atoms with Crippen molar-refractivity contribution < 1.29 is 9.53 Å². The van der Waals surface area contributed by atoms with Crippen LogP contribution in [0, 0.1) is 4.77 Å². The molecule has 3 aromatic rings. The molecule has 2 aromatic carbocycles. The Hall–Kier alpha value is -2.35. The third kappa shape index (κ3) is 4.63. The van der Waals surface area contributed by atoms with Crippen molar-refractivity contribution in [1.29, 1.82) is 0 Å². The Balaban J connectivity index is 1.44. The van der Waals surface area contributed by atoms with E-state index in [1.165, 1.54) is 0 Å². The van der Waals surface area contributed by atoms with Crippen molar-refractivity contribution in [3.8, 4) is 5.75 Å². The summed E-state index contributed by atoms with van der Waals surface area (Å²) in [6.07, 6.45) is 2.16. The lowest BCUT2D eigenvalue weighted by Gasteiger charge is -2.13. The Morgan fingerprint density at radius 1 is 1.28 bits per heavy atom. The van der Waals surface area contributed by atoms with E-state index >= 15 is 0 Å². The van der Waals surface area contributed by atoms with E-state index in [-0.39, 0.29) is 19.1 Å². The molecule has 4 rings (SSSR count). The number of carbonyl (C=O) groups excluding carboxylic acids is 1. The number of aromatic amines is 1. The molecule has 1 heterocycles. The van der Waals surface area contributed by atoms with E-state index in [2.05, 4.69) is 15.5 Å². The molecule has 1 aliphatic carbocycles. The Kier molecular flexibility index (Phi) is 5.89. The number of hydrogen-bond donors (Lipinski definition) is 2. The summed E-state index contributed by atoms with van der Waals surface area (Å²) in [4.78, 5) is 12.8. The minimum absolute atomic E-state index is 0.223. The van der Waals surface area contributed by atoms with Crippen molar-refractivity contribution in [2.24, 2.45) is 0 Å². The van der Waals surface area contributed by atoms with Crippen molar-refractivity contribution in [3.05, 3.63) is 74.2 Å². The molecule has 1 aliphatic rings. The molecule has 0 spiro atoms. The average molecular weight is 449 g/mol. The topological polar surface area (TPSA) is 71.9 Å². The fraction of sp³-hybridized carbons (Fsp3) is 0.250. The molecule has 0 radical (unpaired) electrons. The first kappa shape index (κ1) is 19.9. The molecule has 0 unspecified atom stereocenters. The summed E-state index contributed by atoms with van der Waals surface area (Å²) < 4.78 is 8.42. The second kappa shape index (κ2) is 8.57. The number of H-pyrrole nitrogens is 1. The normalized spacial score (nSPS) is 13.3. The minimum atomic E-state index is -0.251. The van der Waals surface area contributed by atoms with Gasteiger partial charge in [-0.3, -0.25) is 14.5 Å². The van der Waals surface area contributed by atoms with Gasteiger partial charge in [0.1, 0.15) is 12.4 Å². The van der Waals surface area contributed by atoms with Gasteiger partial charge in [-0.1, -0.05) is 41.4 Å². The SMILES string of the molecule is O=C(NCc1n[nH]c(=S)n1C1CC1)c1ccccc1OCc1ccc(Cl)cc1Cl. The predicted molar refractivity (Wildman–Crippen MR) is 114 cm³/mol. The third-order valence-electron chi connectivity index (χ3n) is 4.63. The van der Waals surface area contributed by atoms with Crippen molar-refractivity contribution in [2.45, 2.75) is 32.0 Å². The molecular weight excluding hydrogens is 431 g/mol. The van der Waals surface area contributed by atoms with Crippen LogP contribution in [0.2, 0.25) is 10.0 Å². The Labute approximate surface area is 182 Å². The summed E-state index contributed by atoms with van der Waals surface area (Å²) in [7, 11) is 0. The highest BCUT2D eigenvalue weighted by atomic mass is 35.5. The second-order valence-corrected chi connectivity index (χ2v) is 7.98. The summed E-state index contributed by atoms with van der Waals surface area (Å²) >= 11 is 17.4. The first-order valence-electron chi connectivity index (χ1n) is 9.12. The quantitative estimate of drug-likeness (QED) is 0.493. The molecule has 1 amide bonds. The molecule has 2 N–H and O–H groups in total. The fourth-order valence-electron chi connectivity index (χ4n) is 3.00. The van der Waals surface area contributed by atoms with Crippen molar-refractivity contribution in [3.63, 3.8) is 0 Å². The van der Waals surface area contributed by atoms with Gasteiger partial charge in [-0.05, 0) is 49.3 Å². The molecule has 1 fully saturated rings. The van der Waals surface area contributed by atoms with Gasteiger partial charge in [-0.25, -0.2) is 0 Å². The fourth-order valence-corrected chi connectivity index (χ4v) is 3.76. The highest BCUT2D eigenvalue weighted by Gasteiger charge is 2.27. The zero-order valence-electron chi connectivity index (χ0n) is 15.3. The van der Waals surface area contributed by atoms with Crippen LogP contribution in [0.15, 0.2) is 42.5 Å². The smallest absolute Gasteiger partial charge is 0.255 e. The maximum atomic E-state index is 12.8. The zero-order chi connectivity index (χ0) is 20.4. The van der Waals surface area contributed by atoms with Crippen LogP contribution in [0.1, 0.15) is 40.6 Å². The number of ether oxygens (including phenoxy) is 1. The van der Waals surface area contributed by atoms with Gasteiger partial charge in [-0.2, -0.15) is 5.10 Å². The largest absolute Gasteiger partial charge is 0.488 e. The molecule has 0 atom stereocenters. The number of amides is 1. The van der Waals surface area contributed by atoms with E-state index in [4.69, 9.17) is 40.2 Å². The number of para-hydroxylation sites is 1. The Bertz CT molecular complexity index is 1110. The zero-order valence-corrected chi connectivity index (χ0v) is 17.7. The summed E-state index contributed by atoms with van der Waals surface area (Å²) in [6.45, 7) is 0.500. The molecule has 0 aliphatic heterocycles. The van der Waals surface area contributed by atoms with Crippen LogP contribution in [-0.2, 0) is 13.2 Å². The number of halogens is 2. The highest BCUT2D eigenvalue weighted by Crippen LogP contribution is 2.35. The Morgan fingerprint density at radius 3 is 2.83 bits per heavy atom. The molecule has 150 valence electrons. The summed E-state index contributed by atoms with van der Waals surface area (Å²) in [5, 5.41) is 11.0. The minimum Gasteiger partial charge on any atom is -0.488 e. The number of rotatable bonds is 7. The van der Waals surface area contributed by atoms with Gasteiger partial charge in [0.05, 0.1) is 12.1 Å². The van der Waals surface area contributed by atoms with Crippen LogP contribution in [0.5, 0.6) is 5.75 Å². The lowest BCUT2D eigenvalue weighted by atomic mass is 10.2. The molecule has 9 heteroatoms. The molecule has 1 aromatic heterocycles. The predicted octanol–water partition coefficient (Wildman–Crippen LogP) is 5.09. The summed E-state index contributed by atoms with van der Waals surface area (Å²) in [5.74, 6) is 0.938. The summed E-state index contributed by atoms with van der Waals surface area (Å²) in [6, 6.07) is 12.7. The lowest BCUT2D eigenvalue weighted by molar-refractivity contribution is 0.0945. The lowest BCUT2D eigenvalue weighted by Crippen LogP contribution is -2.25. The van der Waals surface area contributed by atoms with E-state index in [1.54, 1.807) is 36.4 Å². The van der Waals surface area contributed by atoms with Crippen molar-refractivity contribution in [2.75, 3.05) is 0 Å². The number of benzene rings is 2. The molecule has 29 heavy (non-hydrogen) atoms. The van der Waals surface area contributed by atoms with E-state index in [0.29, 0.717) is 32.2 Å². The van der Waals surface area contributed by atoms with Gasteiger partial charge in [-0.15, -0.1) is 0 Å². The number of hydrogen-bond acceptors (Lipinski definition) is 4. The van der Waals surface area contributed by atoms with Crippen molar-refractivity contribution in [1.82, 2.24) is 20.1 Å². The molecule has 0 bridgehead atoms. The molecule has 1 saturated carbocycles. The first-order chi connectivity index (χ1) is 14.0. The van der Waals surface area contributed by atoms with Crippen LogP contribution in [0.4, 0.5) is 0 Å². The first-order valence-corrected chi connectivity index (χ1v) is 10.3. The van der Waals surface area contributed by atoms with Crippen LogP contribution in [0.3, 0.4) is 0 Å². The molecular formula is C20H18Cl2N4O2S. The summed E-state index contributed by atoms with van der Waals surface area (Å²) in [5.41, 5.74) is 1.22. The van der Waals surface area contributed by atoms with Gasteiger partial charge in [0.15, 0.2) is 10.6 Å². The van der Waals surface area contributed by atoms with Crippen LogP contribution < -0.4 is 10.1 Å². The Morgan fingerprint density at radius 2 is 2.07 bits per heavy atom. The van der Waals surface area contributed by atoms with Gasteiger partial charge >= 0.3 is 0 Å².